The van der Waals surface area contributed by atoms with Gasteiger partial charge in [-0.15, -0.1) is 0 Å². The molecule has 0 spiro atoms. The van der Waals surface area contributed by atoms with Crippen molar-refractivity contribution < 1.29 is 22.3 Å². The molecule has 0 radical (unpaired) electrons. The molecule has 2 rings (SSSR count). The largest absolute Gasteiger partial charge is 0.394 e. The molecule has 0 heterocycles. The summed E-state index contributed by atoms with van der Waals surface area (Å²) in [6.45, 7) is 0.704. The molecule has 2 N–H and O–H groups in total. The van der Waals surface area contributed by atoms with Crippen molar-refractivity contribution in [1.82, 2.24) is 4.72 Å². The van der Waals surface area contributed by atoms with E-state index in [1.165, 1.54) is 43.3 Å². The Labute approximate surface area is 127 Å². The van der Waals surface area contributed by atoms with E-state index in [2.05, 4.69) is 4.72 Å². The fourth-order valence-corrected chi connectivity index (χ4v) is 3.55. The van der Waals surface area contributed by atoms with E-state index < -0.39 is 34.3 Å². The number of aliphatic hydroxyl groups is 1. The van der Waals surface area contributed by atoms with Crippen LogP contribution in [0.25, 0.3) is 0 Å². The van der Waals surface area contributed by atoms with Crippen LogP contribution in [0.2, 0.25) is 0 Å². The van der Waals surface area contributed by atoms with Gasteiger partial charge in [0.15, 0.2) is 0 Å². The predicted octanol–water partition coefficient (Wildman–Crippen LogP) is 2.29. The number of sulfonamides is 1. The molecule has 0 aromatic heterocycles. The highest BCUT2D eigenvalue weighted by Crippen LogP contribution is 2.22. The maximum atomic E-state index is 13.7. The minimum atomic E-state index is -4.11. The van der Waals surface area contributed by atoms with E-state index in [4.69, 9.17) is 0 Å². The molecule has 2 aromatic carbocycles. The first kappa shape index (κ1) is 16.5. The van der Waals surface area contributed by atoms with Crippen LogP contribution < -0.4 is 4.72 Å². The maximum Gasteiger partial charge on any atom is 0.241 e. The lowest BCUT2D eigenvalue weighted by atomic mass is 10.1. The van der Waals surface area contributed by atoms with Crippen LogP contribution in [0.3, 0.4) is 0 Å². The van der Waals surface area contributed by atoms with E-state index >= 15 is 0 Å². The molecule has 7 heteroatoms. The van der Waals surface area contributed by atoms with Crippen LogP contribution in [0.5, 0.6) is 0 Å². The summed E-state index contributed by atoms with van der Waals surface area (Å²) in [5.74, 6) is -1.30. The molecular weight excluding hydrogens is 312 g/mol. The number of rotatable bonds is 5. The molecule has 0 fully saturated rings. The zero-order valence-corrected chi connectivity index (χ0v) is 12.6. The van der Waals surface area contributed by atoms with Crippen molar-refractivity contribution in [2.75, 3.05) is 6.61 Å². The van der Waals surface area contributed by atoms with Crippen molar-refractivity contribution >= 4 is 10.0 Å². The third-order valence-electron chi connectivity index (χ3n) is 3.27. The van der Waals surface area contributed by atoms with Gasteiger partial charge in [0.1, 0.15) is 11.6 Å². The predicted molar refractivity (Wildman–Crippen MR) is 77.7 cm³/mol. The Bertz CT molecular complexity index is 778. The van der Waals surface area contributed by atoms with Crippen LogP contribution in [0, 0.1) is 18.6 Å². The number of hydrogen-bond acceptors (Lipinski definition) is 3. The molecule has 0 unspecified atom stereocenters. The van der Waals surface area contributed by atoms with Crippen molar-refractivity contribution in [3.8, 4) is 0 Å². The van der Waals surface area contributed by atoms with E-state index in [1.54, 1.807) is 0 Å². The summed E-state index contributed by atoms with van der Waals surface area (Å²) < 4.78 is 54.2. The smallest absolute Gasteiger partial charge is 0.241 e. The Morgan fingerprint density at radius 2 is 1.73 bits per heavy atom. The summed E-state index contributed by atoms with van der Waals surface area (Å²) in [4.78, 5) is -0.248. The van der Waals surface area contributed by atoms with Crippen LogP contribution in [0.1, 0.15) is 17.2 Å². The summed E-state index contributed by atoms with van der Waals surface area (Å²) >= 11 is 0. The molecule has 1 atom stereocenters. The summed E-state index contributed by atoms with van der Waals surface area (Å²) in [6, 6.07) is 8.03. The van der Waals surface area contributed by atoms with Gasteiger partial charge in [-0.2, -0.15) is 0 Å². The van der Waals surface area contributed by atoms with Crippen molar-refractivity contribution in [1.29, 1.82) is 0 Å². The van der Waals surface area contributed by atoms with Gasteiger partial charge < -0.3 is 5.11 Å². The van der Waals surface area contributed by atoms with Gasteiger partial charge in [-0.05, 0) is 25.1 Å². The SMILES string of the molecule is Cc1c(F)cccc1S(=O)(=O)N[C@@H](CO)c1ccccc1F. The Morgan fingerprint density at radius 3 is 2.36 bits per heavy atom. The van der Waals surface area contributed by atoms with Gasteiger partial charge in [0.25, 0.3) is 0 Å². The second kappa shape index (κ2) is 6.51. The normalized spacial score (nSPS) is 13.1. The van der Waals surface area contributed by atoms with Crippen LogP contribution in [-0.2, 0) is 10.0 Å². The monoisotopic (exact) mass is 327 g/mol. The number of hydrogen-bond donors (Lipinski definition) is 2. The van der Waals surface area contributed by atoms with Crippen molar-refractivity contribution in [3.63, 3.8) is 0 Å². The maximum absolute atomic E-state index is 13.7. The van der Waals surface area contributed by atoms with Crippen molar-refractivity contribution in [2.24, 2.45) is 0 Å². The van der Waals surface area contributed by atoms with Crippen LogP contribution in [-0.4, -0.2) is 20.1 Å². The van der Waals surface area contributed by atoms with Gasteiger partial charge in [0.2, 0.25) is 10.0 Å². The molecule has 22 heavy (non-hydrogen) atoms. The second-order valence-corrected chi connectivity index (χ2v) is 6.42. The summed E-state index contributed by atoms with van der Waals surface area (Å²) in [7, 11) is -4.11. The lowest BCUT2D eigenvalue weighted by molar-refractivity contribution is 0.256. The molecular formula is C15H15F2NO3S. The lowest BCUT2D eigenvalue weighted by Gasteiger charge is -2.18. The van der Waals surface area contributed by atoms with E-state index in [-0.39, 0.29) is 16.0 Å². The molecule has 0 saturated carbocycles. The number of aliphatic hydroxyl groups excluding tert-OH is 1. The van der Waals surface area contributed by atoms with E-state index in [0.717, 1.165) is 6.07 Å². The van der Waals surface area contributed by atoms with Gasteiger partial charge >= 0.3 is 0 Å². The minimum Gasteiger partial charge on any atom is -0.394 e. The zero-order chi connectivity index (χ0) is 16.3. The van der Waals surface area contributed by atoms with Crippen LogP contribution >= 0.6 is 0 Å². The topological polar surface area (TPSA) is 66.4 Å². The Morgan fingerprint density at radius 1 is 1.09 bits per heavy atom. The van der Waals surface area contributed by atoms with E-state index in [9.17, 15) is 22.3 Å². The molecule has 0 aliphatic rings. The van der Waals surface area contributed by atoms with Gasteiger partial charge in [-0.1, -0.05) is 24.3 Å². The first-order chi connectivity index (χ1) is 10.4. The first-order valence-electron chi connectivity index (χ1n) is 6.49. The minimum absolute atomic E-state index is 0.0163. The van der Waals surface area contributed by atoms with E-state index in [0.29, 0.717) is 0 Å². The highest BCUT2D eigenvalue weighted by Gasteiger charge is 2.25. The van der Waals surface area contributed by atoms with Crippen molar-refractivity contribution in [3.05, 3.63) is 65.2 Å². The molecule has 0 saturated heterocycles. The number of halogens is 2. The van der Waals surface area contributed by atoms with Gasteiger partial charge in [-0.3, -0.25) is 0 Å². The molecule has 0 aliphatic heterocycles. The fourth-order valence-electron chi connectivity index (χ4n) is 2.09. The van der Waals surface area contributed by atoms with Crippen LogP contribution in [0.4, 0.5) is 8.78 Å². The average Bonchev–Trinajstić information content (AvgIpc) is 2.48. The van der Waals surface area contributed by atoms with Crippen LogP contribution in [0.15, 0.2) is 47.4 Å². The zero-order valence-electron chi connectivity index (χ0n) is 11.8. The van der Waals surface area contributed by atoms with Gasteiger partial charge in [0, 0.05) is 11.1 Å². The van der Waals surface area contributed by atoms with E-state index in [1.807, 2.05) is 0 Å². The fraction of sp³-hybridized carbons (Fsp3) is 0.200. The third kappa shape index (κ3) is 3.32. The Kier molecular flexibility index (Phi) is 4.90. The summed E-state index contributed by atoms with van der Waals surface area (Å²) in [6.07, 6.45) is 0. The Hall–Kier alpha value is -1.83. The highest BCUT2D eigenvalue weighted by molar-refractivity contribution is 7.89. The second-order valence-electron chi connectivity index (χ2n) is 4.74. The third-order valence-corrected chi connectivity index (χ3v) is 4.88. The molecule has 0 amide bonds. The molecule has 4 nitrogen and oxygen atoms in total. The number of nitrogens with one attached hydrogen (secondary N) is 1. The molecule has 118 valence electrons. The van der Waals surface area contributed by atoms with Crippen molar-refractivity contribution in [2.45, 2.75) is 17.9 Å². The molecule has 0 aliphatic carbocycles. The highest BCUT2D eigenvalue weighted by atomic mass is 32.2. The number of benzene rings is 2. The van der Waals surface area contributed by atoms with Gasteiger partial charge in [0.05, 0.1) is 17.5 Å². The molecule has 2 aromatic rings. The standard InChI is InChI=1S/C15H15F2NO3S/c1-10-12(16)7-4-8-15(10)22(20,21)18-14(9-19)11-5-2-3-6-13(11)17/h2-8,14,18-19H,9H2,1H3/t14-/m0/s1. The first-order valence-corrected chi connectivity index (χ1v) is 7.98. The summed E-state index contributed by atoms with van der Waals surface area (Å²) in [5, 5.41) is 9.37. The molecule has 0 bridgehead atoms. The average molecular weight is 327 g/mol. The quantitative estimate of drug-likeness (QED) is 0.885. The Balaban J connectivity index is 2.39. The summed E-state index contributed by atoms with van der Waals surface area (Å²) in [5.41, 5.74) is -0.0251. The van der Waals surface area contributed by atoms with Gasteiger partial charge in [-0.25, -0.2) is 21.9 Å². The lowest BCUT2D eigenvalue weighted by Crippen LogP contribution is -2.32.